The molecule has 0 spiro atoms. The molecular weight excluding hydrogens is 396 g/mol. The molecule has 0 N–H and O–H groups in total. The van der Waals surface area contributed by atoms with Crippen molar-refractivity contribution in [2.75, 3.05) is 0 Å². The summed E-state index contributed by atoms with van der Waals surface area (Å²) in [4.78, 5) is 0. The molecule has 0 unspecified atom stereocenters. The summed E-state index contributed by atoms with van der Waals surface area (Å²) >= 11 is 0. The number of hydrogen-bond donors (Lipinski definition) is 0. The average molecular weight is 425 g/mol. The van der Waals surface area contributed by atoms with Crippen LogP contribution in [0.25, 0.3) is 23.3 Å². The minimum atomic E-state index is 0.997. The third-order valence-corrected chi connectivity index (χ3v) is 7.39. The molecule has 4 aromatic rings. The summed E-state index contributed by atoms with van der Waals surface area (Å²) in [6.45, 7) is 4.49. The summed E-state index contributed by atoms with van der Waals surface area (Å²) < 4.78 is 0. The fourth-order valence-corrected chi connectivity index (χ4v) is 5.52. The van der Waals surface area contributed by atoms with Crippen LogP contribution in [0.15, 0.2) is 84.9 Å². The molecule has 0 atom stereocenters. The van der Waals surface area contributed by atoms with E-state index >= 15 is 0 Å². The molecule has 0 saturated carbocycles. The van der Waals surface area contributed by atoms with E-state index < -0.39 is 0 Å². The lowest BCUT2D eigenvalue weighted by Crippen LogP contribution is -2.02. The van der Waals surface area contributed by atoms with E-state index in [0.717, 1.165) is 19.3 Å². The van der Waals surface area contributed by atoms with Gasteiger partial charge in [0.1, 0.15) is 0 Å². The highest BCUT2D eigenvalue weighted by Crippen LogP contribution is 2.39. The van der Waals surface area contributed by atoms with Gasteiger partial charge in [-0.3, -0.25) is 0 Å². The second-order valence-corrected chi connectivity index (χ2v) is 9.47. The lowest BCUT2D eigenvalue weighted by Gasteiger charge is -2.15. The molecule has 0 heterocycles. The largest absolute Gasteiger partial charge is 0.0622 e. The second kappa shape index (κ2) is 8.05. The van der Waals surface area contributed by atoms with Crippen molar-refractivity contribution in [3.63, 3.8) is 0 Å². The zero-order valence-corrected chi connectivity index (χ0v) is 19.4. The molecule has 0 aromatic heterocycles. The van der Waals surface area contributed by atoms with Crippen LogP contribution in [0.2, 0.25) is 0 Å². The summed E-state index contributed by atoms with van der Waals surface area (Å²) in [5, 5.41) is 0. The van der Waals surface area contributed by atoms with Crippen LogP contribution >= 0.6 is 0 Å². The standard InChI is InChI=1S/C33H28/c1-22-13-15-26(32-20-28(18-30(22)32)24-9-5-3-6-10-24)17-27-16-14-23(2)31-19-29(21-33(27)31)25-11-7-4-8-12-25/h3-16,18-19H,17,20-21H2,1-2H3. The number of benzene rings is 4. The van der Waals surface area contributed by atoms with Crippen molar-refractivity contribution in [2.45, 2.75) is 33.1 Å². The van der Waals surface area contributed by atoms with Crippen LogP contribution in [0.5, 0.6) is 0 Å². The Balaban J connectivity index is 1.34. The van der Waals surface area contributed by atoms with E-state index in [1.165, 1.54) is 66.8 Å². The van der Waals surface area contributed by atoms with E-state index in [4.69, 9.17) is 0 Å². The van der Waals surface area contributed by atoms with E-state index in [0.29, 0.717) is 0 Å². The molecule has 160 valence electrons. The van der Waals surface area contributed by atoms with Crippen LogP contribution in [-0.2, 0) is 19.3 Å². The highest BCUT2D eigenvalue weighted by Gasteiger charge is 2.22. The average Bonchev–Trinajstić information content (AvgIpc) is 3.51. The summed E-state index contributed by atoms with van der Waals surface area (Å²) in [6, 6.07) is 31.0. The highest BCUT2D eigenvalue weighted by molar-refractivity contribution is 5.91. The molecule has 0 fully saturated rings. The first kappa shape index (κ1) is 20.0. The van der Waals surface area contributed by atoms with Crippen molar-refractivity contribution in [3.8, 4) is 0 Å². The predicted octanol–water partition coefficient (Wildman–Crippen LogP) is 8.09. The first-order chi connectivity index (χ1) is 16.2. The van der Waals surface area contributed by atoms with E-state index in [1.54, 1.807) is 0 Å². The van der Waals surface area contributed by atoms with Gasteiger partial charge in [-0.15, -0.1) is 0 Å². The number of aryl methyl sites for hydroxylation is 2. The number of hydrogen-bond acceptors (Lipinski definition) is 0. The van der Waals surface area contributed by atoms with Crippen LogP contribution in [0.1, 0.15) is 55.6 Å². The molecule has 0 radical (unpaired) electrons. The third-order valence-electron chi connectivity index (χ3n) is 7.39. The van der Waals surface area contributed by atoms with Gasteiger partial charge >= 0.3 is 0 Å². The van der Waals surface area contributed by atoms with Crippen molar-refractivity contribution in [1.29, 1.82) is 0 Å². The zero-order valence-electron chi connectivity index (χ0n) is 19.4. The van der Waals surface area contributed by atoms with Crippen molar-refractivity contribution in [2.24, 2.45) is 0 Å². The van der Waals surface area contributed by atoms with Gasteiger partial charge in [0, 0.05) is 0 Å². The monoisotopic (exact) mass is 424 g/mol. The number of rotatable bonds is 4. The molecular formula is C33H28. The van der Waals surface area contributed by atoms with Gasteiger partial charge < -0.3 is 0 Å². The maximum atomic E-state index is 2.41. The van der Waals surface area contributed by atoms with E-state index in [2.05, 4.69) is 111 Å². The van der Waals surface area contributed by atoms with Crippen molar-refractivity contribution in [1.82, 2.24) is 0 Å². The quantitative estimate of drug-likeness (QED) is 0.310. The Morgan fingerprint density at radius 1 is 0.515 bits per heavy atom. The molecule has 4 aromatic carbocycles. The molecule has 33 heavy (non-hydrogen) atoms. The van der Waals surface area contributed by atoms with Gasteiger partial charge in [0.05, 0.1) is 0 Å². The molecule has 2 aliphatic rings. The Morgan fingerprint density at radius 3 is 1.36 bits per heavy atom. The minimum absolute atomic E-state index is 0.997. The Labute approximate surface area is 196 Å². The lowest BCUT2D eigenvalue weighted by molar-refractivity contribution is 1.08. The first-order valence-electron chi connectivity index (χ1n) is 11.9. The molecule has 0 amide bonds. The maximum Gasteiger partial charge on any atom is -0.00107 e. The molecule has 0 heteroatoms. The summed E-state index contributed by atoms with van der Waals surface area (Å²) in [6.07, 6.45) is 7.88. The Hall–Kier alpha value is -3.64. The third kappa shape index (κ3) is 3.56. The SMILES string of the molecule is Cc1ccc(Cc2ccc(C)c3c2CC(c2ccccc2)=C3)c2c1C=C(c1ccccc1)C2. The van der Waals surface area contributed by atoms with Gasteiger partial charge in [-0.05, 0) is 99.9 Å². The number of allylic oxidation sites excluding steroid dienone is 2. The fraction of sp³-hybridized carbons (Fsp3) is 0.152. The van der Waals surface area contributed by atoms with E-state index in [-0.39, 0.29) is 0 Å². The molecule has 0 saturated heterocycles. The lowest BCUT2D eigenvalue weighted by atomic mass is 9.89. The van der Waals surface area contributed by atoms with Crippen LogP contribution in [0.3, 0.4) is 0 Å². The van der Waals surface area contributed by atoms with Crippen LogP contribution in [-0.4, -0.2) is 0 Å². The van der Waals surface area contributed by atoms with Crippen LogP contribution < -0.4 is 0 Å². The zero-order chi connectivity index (χ0) is 22.4. The topological polar surface area (TPSA) is 0 Å². The van der Waals surface area contributed by atoms with Crippen molar-refractivity contribution in [3.05, 3.63) is 141 Å². The summed E-state index contributed by atoms with van der Waals surface area (Å²) in [5.41, 5.74) is 17.1. The Kier molecular flexibility index (Phi) is 4.88. The Morgan fingerprint density at radius 2 is 0.939 bits per heavy atom. The van der Waals surface area contributed by atoms with Gasteiger partial charge in [-0.1, -0.05) is 97.1 Å². The van der Waals surface area contributed by atoms with Crippen LogP contribution in [0, 0.1) is 13.8 Å². The van der Waals surface area contributed by atoms with Crippen molar-refractivity contribution >= 4 is 23.3 Å². The molecule has 6 rings (SSSR count). The van der Waals surface area contributed by atoms with Gasteiger partial charge in [0.2, 0.25) is 0 Å². The van der Waals surface area contributed by atoms with E-state index in [1.807, 2.05) is 0 Å². The van der Waals surface area contributed by atoms with E-state index in [9.17, 15) is 0 Å². The highest BCUT2D eigenvalue weighted by atomic mass is 14.3. The maximum absolute atomic E-state index is 2.41. The van der Waals surface area contributed by atoms with Gasteiger partial charge in [0.15, 0.2) is 0 Å². The first-order valence-corrected chi connectivity index (χ1v) is 11.9. The summed E-state index contributed by atoms with van der Waals surface area (Å²) in [5.74, 6) is 0. The van der Waals surface area contributed by atoms with Crippen molar-refractivity contribution < 1.29 is 0 Å². The normalized spacial score (nSPS) is 14.0. The Bertz CT molecular complexity index is 1310. The smallest absolute Gasteiger partial charge is 0.00107 e. The molecule has 2 aliphatic carbocycles. The molecule has 0 nitrogen and oxygen atoms in total. The minimum Gasteiger partial charge on any atom is -0.0622 e. The number of fused-ring (bicyclic) bond motifs is 2. The van der Waals surface area contributed by atoms with Gasteiger partial charge in [-0.25, -0.2) is 0 Å². The molecule has 0 bridgehead atoms. The van der Waals surface area contributed by atoms with Crippen LogP contribution in [0.4, 0.5) is 0 Å². The van der Waals surface area contributed by atoms with Gasteiger partial charge in [0.25, 0.3) is 0 Å². The fourth-order valence-electron chi connectivity index (χ4n) is 5.52. The summed E-state index contributed by atoms with van der Waals surface area (Å²) in [7, 11) is 0. The second-order valence-electron chi connectivity index (χ2n) is 9.47. The van der Waals surface area contributed by atoms with Gasteiger partial charge in [-0.2, -0.15) is 0 Å². The predicted molar refractivity (Wildman–Crippen MR) is 141 cm³/mol. The molecule has 0 aliphatic heterocycles.